The molecular formula is C13H18N2O2. The van der Waals surface area contributed by atoms with Crippen LogP contribution in [0.25, 0.3) is 0 Å². The Morgan fingerprint density at radius 1 is 1.35 bits per heavy atom. The molecule has 1 aliphatic rings. The van der Waals surface area contributed by atoms with E-state index in [0.29, 0.717) is 32.5 Å². The number of nitrogens with zero attached hydrogens (tertiary/aromatic N) is 1. The van der Waals surface area contributed by atoms with Gasteiger partial charge in [-0.2, -0.15) is 0 Å². The van der Waals surface area contributed by atoms with Crippen LogP contribution in [0.4, 0.5) is 0 Å². The number of aliphatic hydroxyl groups is 1. The molecule has 4 nitrogen and oxygen atoms in total. The Bertz CT molecular complexity index is 389. The lowest BCUT2D eigenvalue weighted by Gasteiger charge is -2.15. The van der Waals surface area contributed by atoms with Gasteiger partial charge in [-0.3, -0.25) is 4.79 Å². The molecule has 92 valence electrons. The average molecular weight is 234 g/mol. The minimum absolute atomic E-state index is 0.0852. The molecule has 0 aromatic heterocycles. The number of benzene rings is 1. The third-order valence-electron chi connectivity index (χ3n) is 3.13. The van der Waals surface area contributed by atoms with Crippen LogP contribution in [0.5, 0.6) is 0 Å². The zero-order chi connectivity index (χ0) is 12.3. The van der Waals surface area contributed by atoms with E-state index in [1.54, 1.807) is 4.90 Å². The lowest BCUT2D eigenvalue weighted by atomic mass is 10.1. The molecule has 1 unspecified atom stereocenters. The standard InChI is InChI=1S/C13H18N2O2/c14-8-11-3-1-10(2-4-11)7-13(17)15-6-5-12(16)9-15/h1-4,12,16H,5-9,14H2. The number of carbonyl (C=O) groups excluding carboxylic acids is 1. The zero-order valence-electron chi connectivity index (χ0n) is 9.80. The first kappa shape index (κ1) is 12.1. The van der Waals surface area contributed by atoms with Gasteiger partial charge in [-0.25, -0.2) is 0 Å². The summed E-state index contributed by atoms with van der Waals surface area (Å²) in [4.78, 5) is 13.6. The smallest absolute Gasteiger partial charge is 0.227 e. The van der Waals surface area contributed by atoms with Crippen LogP contribution >= 0.6 is 0 Å². The molecule has 3 N–H and O–H groups in total. The summed E-state index contributed by atoms with van der Waals surface area (Å²) in [6.45, 7) is 1.66. The van der Waals surface area contributed by atoms with Crippen molar-refractivity contribution >= 4 is 5.91 Å². The average Bonchev–Trinajstić information content (AvgIpc) is 2.77. The van der Waals surface area contributed by atoms with E-state index < -0.39 is 0 Å². The first-order valence-electron chi connectivity index (χ1n) is 5.93. The molecule has 1 fully saturated rings. The second kappa shape index (κ2) is 5.29. The molecule has 1 heterocycles. The van der Waals surface area contributed by atoms with Gasteiger partial charge in [0.1, 0.15) is 0 Å². The van der Waals surface area contributed by atoms with Gasteiger partial charge in [-0.05, 0) is 17.5 Å². The maximum atomic E-state index is 11.9. The quantitative estimate of drug-likeness (QED) is 0.789. The fourth-order valence-corrected chi connectivity index (χ4v) is 2.05. The number of hydrogen-bond acceptors (Lipinski definition) is 3. The lowest BCUT2D eigenvalue weighted by Crippen LogP contribution is -2.30. The van der Waals surface area contributed by atoms with Gasteiger partial charge in [0.15, 0.2) is 0 Å². The highest BCUT2D eigenvalue weighted by molar-refractivity contribution is 5.79. The molecule has 1 atom stereocenters. The van der Waals surface area contributed by atoms with Gasteiger partial charge in [0.2, 0.25) is 5.91 Å². The molecule has 2 rings (SSSR count). The van der Waals surface area contributed by atoms with Gasteiger partial charge in [0.05, 0.1) is 12.5 Å². The highest BCUT2D eigenvalue weighted by atomic mass is 16.3. The molecule has 0 spiro atoms. The number of nitrogens with two attached hydrogens (primary N) is 1. The summed E-state index contributed by atoms with van der Waals surface area (Å²) in [5.74, 6) is 0.0852. The Hall–Kier alpha value is -1.39. The van der Waals surface area contributed by atoms with E-state index in [4.69, 9.17) is 5.73 Å². The minimum atomic E-state index is -0.349. The van der Waals surface area contributed by atoms with Gasteiger partial charge in [0, 0.05) is 19.6 Å². The van der Waals surface area contributed by atoms with Crippen molar-refractivity contribution in [3.05, 3.63) is 35.4 Å². The predicted octanol–water partition coefficient (Wildman–Crippen LogP) is 0.281. The Kier molecular flexibility index (Phi) is 3.76. The van der Waals surface area contributed by atoms with E-state index in [0.717, 1.165) is 11.1 Å². The summed E-state index contributed by atoms with van der Waals surface area (Å²) >= 11 is 0. The van der Waals surface area contributed by atoms with E-state index >= 15 is 0 Å². The van der Waals surface area contributed by atoms with Crippen LogP contribution in [0.15, 0.2) is 24.3 Å². The third-order valence-corrected chi connectivity index (χ3v) is 3.13. The van der Waals surface area contributed by atoms with Crippen molar-refractivity contribution in [3.8, 4) is 0 Å². The van der Waals surface area contributed by atoms with Gasteiger partial charge >= 0.3 is 0 Å². The molecular weight excluding hydrogens is 216 g/mol. The van der Waals surface area contributed by atoms with E-state index in [1.165, 1.54) is 0 Å². The van der Waals surface area contributed by atoms with Crippen LogP contribution in [0, 0.1) is 0 Å². The maximum Gasteiger partial charge on any atom is 0.227 e. The van der Waals surface area contributed by atoms with Crippen LogP contribution < -0.4 is 5.73 Å². The first-order valence-corrected chi connectivity index (χ1v) is 5.93. The Morgan fingerprint density at radius 3 is 2.53 bits per heavy atom. The fraction of sp³-hybridized carbons (Fsp3) is 0.462. The number of β-amino-alcohol motifs (C(OH)–C–C–N with tert-alkyl or cyclic N) is 1. The van der Waals surface area contributed by atoms with Gasteiger partial charge in [-0.15, -0.1) is 0 Å². The lowest BCUT2D eigenvalue weighted by molar-refractivity contribution is -0.129. The fourth-order valence-electron chi connectivity index (χ4n) is 2.05. The number of amides is 1. The van der Waals surface area contributed by atoms with E-state index in [9.17, 15) is 9.90 Å². The number of rotatable bonds is 3. The van der Waals surface area contributed by atoms with Gasteiger partial charge < -0.3 is 15.7 Å². The molecule has 4 heteroatoms. The van der Waals surface area contributed by atoms with Crippen molar-refractivity contribution in [1.29, 1.82) is 0 Å². The summed E-state index contributed by atoms with van der Waals surface area (Å²) in [6, 6.07) is 7.77. The van der Waals surface area contributed by atoms with Crippen molar-refractivity contribution < 1.29 is 9.90 Å². The summed E-state index contributed by atoms with van der Waals surface area (Å²) in [5.41, 5.74) is 7.57. The largest absolute Gasteiger partial charge is 0.391 e. The SMILES string of the molecule is NCc1ccc(CC(=O)N2CCC(O)C2)cc1. The third kappa shape index (κ3) is 3.05. The van der Waals surface area contributed by atoms with Crippen molar-refractivity contribution in [2.45, 2.75) is 25.5 Å². The molecule has 1 aromatic rings. The highest BCUT2D eigenvalue weighted by Gasteiger charge is 2.24. The van der Waals surface area contributed by atoms with E-state index in [1.807, 2.05) is 24.3 Å². The second-order valence-corrected chi connectivity index (χ2v) is 4.48. The monoisotopic (exact) mass is 234 g/mol. The van der Waals surface area contributed by atoms with Crippen molar-refractivity contribution in [2.75, 3.05) is 13.1 Å². The Labute approximate surface area is 101 Å². The van der Waals surface area contributed by atoms with E-state index in [-0.39, 0.29) is 12.0 Å². The molecule has 1 aliphatic heterocycles. The molecule has 0 aliphatic carbocycles. The van der Waals surface area contributed by atoms with Crippen LogP contribution in [0.1, 0.15) is 17.5 Å². The highest BCUT2D eigenvalue weighted by Crippen LogP contribution is 2.12. The number of hydrogen-bond donors (Lipinski definition) is 2. The van der Waals surface area contributed by atoms with Crippen LogP contribution in [-0.2, 0) is 17.8 Å². The van der Waals surface area contributed by atoms with E-state index in [2.05, 4.69) is 0 Å². The summed E-state index contributed by atoms with van der Waals surface area (Å²) in [7, 11) is 0. The molecule has 0 bridgehead atoms. The summed E-state index contributed by atoms with van der Waals surface area (Å²) in [5, 5.41) is 9.38. The molecule has 0 radical (unpaired) electrons. The molecule has 1 amide bonds. The van der Waals surface area contributed by atoms with Crippen LogP contribution in [-0.4, -0.2) is 35.1 Å². The van der Waals surface area contributed by atoms with Crippen molar-refractivity contribution in [2.24, 2.45) is 5.73 Å². The zero-order valence-corrected chi connectivity index (χ0v) is 9.80. The van der Waals surface area contributed by atoms with Gasteiger partial charge in [-0.1, -0.05) is 24.3 Å². The normalized spacial score (nSPS) is 19.6. The van der Waals surface area contributed by atoms with Crippen LogP contribution in [0.3, 0.4) is 0 Å². The molecule has 1 saturated heterocycles. The number of carbonyl (C=O) groups is 1. The van der Waals surface area contributed by atoms with Crippen molar-refractivity contribution in [3.63, 3.8) is 0 Å². The first-order chi connectivity index (χ1) is 8.19. The number of aliphatic hydroxyl groups excluding tert-OH is 1. The Morgan fingerprint density at radius 2 is 2.00 bits per heavy atom. The number of likely N-dealkylation sites (tertiary alicyclic amines) is 1. The molecule has 17 heavy (non-hydrogen) atoms. The summed E-state index contributed by atoms with van der Waals surface area (Å²) < 4.78 is 0. The van der Waals surface area contributed by atoms with Gasteiger partial charge in [0.25, 0.3) is 0 Å². The maximum absolute atomic E-state index is 11.9. The molecule has 1 aromatic carbocycles. The Balaban J connectivity index is 1.93. The van der Waals surface area contributed by atoms with Crippen molar-refractivity contribution in [1.82, 2.24) is 4.90 Å². The topological polar surface area (TPSA) is 66.6 Å². The van der Waals surface area contributed by atoms with Crippen LogP contribution in [0.2, 0.25) is 0 Å². The summed E-state index contributed by atoms with van der Waals surface area (Å²) in [6.07, 6.45) is 0.744. The molecule has 0 saturated carbocycles. The predicted molar refractivity (Wildman–Crippen MR) is 65.2 cm³/mol. The second-order valence-electron chi connectivity index (χ2n) is 4.48. The minimum Gasteiger partial charge on any atom is -0.391 e.